The average Bonchev–Trinajstić information content (AvgIpc) is 2.66. The maximum Gasteiger partial charge on any atom is 0.214 e. The molecule has 6 heteroatoms. The molecule has 0 unspecified atom stereocenters. The fourth-order valence-corrected chi connectivity index (χ4v) is 3.20. The summed E-state index contributed by atoms with van der Waals surface area (Å²) in [7, 11) is 0. The Labute approximate surface area is 157 Å². The van der Waals surface area contributed by atoms with Crippen molar-refractivity contribution in [3.05, 3.63) is 71.7 Å². The van der Waals surface area contributed by atoms with E-state index in [1.54, 1.807) is 12.4 Å². The molecule has 3 heterocycles. The number of halogens is 2. The summed E-state index contributed by atoms with van der Waals surface area (Å²) in [4.78, 5) is 12.9. The van der Waals surface area contributed by atoms with Crippen LogP contribution in [0.3, 0.4) is 0 Å². The molecular weight excluding hydrogens is 353 g/mol. The van der Waals surface area contributed by atoms with E-state index in [9.17, 15) is 4.39 Å². The molecular formula is C20H19ClFN3O. The SMILES string of the molecule is Cl.Fc1cncc(-c2cc(OCc3ccccn3)nc3c2CCCC3)c1. The summed E-state index contributed by atoms with van der Waals surface area (Å²) in [6, 6.07) is 9.12. The second-order valence-corrected chi connectivity index (χ2v) is 6.14. The van der Waals surface area contributed by atoms with Gasteiger partial charge in [-0.25, -0.2) is 9.37 Å². The lowest BCUT2D eigenvalue weighted by Gasteiger charge is -2.20. The second kappa shape index (κ2) is 8.23. The largest absolute Gasteiger partial charge is 0.471 e. The predicted molar refractivity (Wildman–Crippen MR) is 99.9 cm³/mol. The van der Waals surface area contributed by atoms with Crippen LogP contribution in [0.2, 0.25) is 0 Å². The standard InChI is InChI=1S/C20H18FN3O.ClH/c21-15-9-14(11-22-12-15)18-10-20(24-19-7-2-1-6-17(18)19)25-13-16-5-3-4-8-23-16;/h3-5,8-12H,1-2,6-7,13H2;1H. The van der Waals surface area contributed by atoms with E-state index in [-0.39, 0.29) is 18.2 Å². The lowest BCUT2D eigenvalue weighted by atomic mass is 9.90. The van der Waals surface area contributed by atoms with Gasteiger partial charge in [0, 0.05) is 29.7 Å². The zero-order valence-corrected chi connectivity index (χ0v) is 15.0. The summed E-state index contributed by atoms with van der Waals surface area (Å²) in [5.41, 5.74) is 4.81. The molecule has 4 nitrogen and oxygen atoms in total. The van der Waals surface area contributed by atoms with Crippen LogP contribution in [0.25, 0.3) is 11.1 Å². The molecule has 26 heavy (non-hydrogen) atoms. The monoisotopic (exact) mass is 371 g/mol. The molecule has 0 saturated heterocycles. The first kappa shape index (κ1) is 18.3. The molecule has 1 aliphatic rings. The highest BCUT2D eigenvalue weighted by molar-refractivity contribution is 5.85. The molecule has 0 atom stereocenters. The van der Waals surface area contributed by atoms with Crippen LogP contribution in [0, 0.1) is 5.82 Å². The molecule has 1 aliphatic carbocycles. The Hall–Kier alpha value is -2.53. The number of ether oxygens (including phenoxy) is 1. The predicted octanol–water partition coefficient (Wildman–Crippen LogP) is 4.56. The topological polar surface area (TPSA) is 47.9 Å². The smallest absolute Gasteiger partial charge is 0.214 e. The van der Waals surface area contributed by atoms with Gasteiger partial charge in [-0.1, -0.05) is 6.07 Å². The first-order valence-electron chi connectivity index (χ1n) is 8.46. The van der Waals surface area contributed by atoms with Gasteiger partial charge in [0.05, 0.1) is 11.9 Å². The number of aromatic nitrogens is 3. The molecule has 0 bridgehead atoms. The van der Waals surface area contributed by atoms with Gasteiger partial charge in [-0.15, -0.1) is 12.4 Å². The number of hydrogen-bond donors (Lipinski definition) is 0. The average molecular weight is 372 g/mol. The molecule has 3 aromatic rings. The summed E-state index contributed by atoms with van der Waals surface area (Å²) >= 11 is 0. The molecule has 0 aromatic carbocycles. The van der Waals surface area contributed by atoms with Crippen molar-refractivity contribution >= 4 is 12.4 Å². The van der Waals surface area contributed by atoms with E-state index >= 15 is 0 Å². The van der Waals surface area contributed by atoms with E-state index < -0.39 is 0 Å². The zero-order chi connectivity index (χ0) is 17.1. The third-order valence-electron chi connectivity index (χ3n) is 4.39. The van der Waals surface area contributed by atoms with Crippen molar-refractivity contribution in [2.75, 3.05) is 0 Å². The van der Waals surface area contributed by atoms with E-state index in [1.165, 1.54) is 17.8 Å². The molecule has 0 N–H and O–H groups in total. The number of aryl methyl sites for hydroxylation is 1. The fourth-order valence-electron chi connectivity index (χ4n) is 3.20. The zero-order valence-electron chi connectivity index (χ0n) is 14.2. The number of rotatable bonds is 4. The highest BCUT2D eigenvalue weighted by atomic mass is 35.5. The van der Waals surface area contributed by atoms with Gasteiger partial charge < -0.3 is 4.74 Å². The molecule has 0 radical (unpaired) electrons. The lowest BCUT2D eigenvalue weighted by Crippen LogP contribution is -2.09. The van der Waals surface area contributed by atoms with Gasteiger partial charge in [0.1, 0.15) is 12.4 Å². The van der Waals surface area contributed by atoms with E-state index in [0.717, 1.165) is 48.2 Å². The molecule has 3 aromatic heterocycles. The van der Waals surface area contributed by atoms with E-state index in [1.807, 2.05) is 24.3 Å². The minimum atomic E-state index is -0.338. The van der Waals surface area contributed by atoms with Crippen LogP contribution in [0.5, 0.6) is 5.88 Å². The summed E-state index contributed by atoms with van der Waals surface area (Å²) in [6.07, 6.45) is 8.76. The summed E-state index contributed by atoms with van der Waals surface area (Å²) < 4.78 is 19.5. The van der Waals surface area contributed by atoms with Crippen LogP contribution >= 0.6 is 12.4 Å². The molecule has 0 spiro atoms. The van der Waals surface area contributed by atoms with Gasteiger partial charge in [-0.05, 0) is 55.0 Å². The second-order valence-electron chi connectivity index (χ2n) is 6.14. The van der Waals surface area contributed by atoms with Crippen molar-refractivity contribution < 1.29 is 9.13 Å². The van der Waals surface area contributed by atoms with Gasteiger partial charge in [-0.2, -0.15) is 0 Å². The normalized spacial score (nSPS) is 12.8. The third kappa shape index (κ3) is 3.99. The quantitative estimate of drug-likeness (QED) is 0.674. The van der Waals surface area contributed by atoms with Gasteiger partial charge in [0.2, 0.25) is 5.88 Å². The first-order valence-corrected chi connectivity index (χ1v) is 8.46. The van der Waals surface area contributed by atoms with Gasteiger partial charge in [0.15, 0.2) is 0 Å². The van der Waals surface area contributed by atoms with Crippen LogP contribution in [-0.4, -0.2) is 15.0 Å². The number of nitrogens with zero attached hydrogens (tertiary/aromatic N) is 3. The Balaban J connectivity index is 0.00000196. The molecule has 0 fully saturated rings. The molecule has 0 aliphatic heterocycles. The number of pyridine rings is 3. The van der Waals surface area contributed by atoms with Crippen molar-refractivity contribution in [2.24, 2.45) is 0 Å². The Morgan fingerprint density at radius 1 is 1.08 bits per heavy atom. The molecule has 0 saturated carbocycles. The summed E-state index contributed by atoms with van der Waals surface area (Å²) in [5, 5.41) is 0. The van der Waals surface area contributed by atoms with Crippen LogP contribution < -0.4 is 4.74 Å². The van der Waals surface area contributed by atoms with Crippen molar-refractivity contribution in [3.8, 4) is 17.0 Å². The van der Waals surface area contributed by atoms with Crippen molar-refractivity contribution in [3.63, 3.8) is 0 Å². The van der Waals surface area contributed by atoms with Crippen molar-refractivity contribution in [1.82, 2.24) is 15.0 Å². The van der Waals surface area contributed by atoms with Crippen molar-refractivity contribution in [1.29, 1.82) is 0 Å². The Bertz CT molecular complexity index is 889. The van der Waals surface area contributed by atoms with Crippen LogP contribution in [0.15, 0.2) is 48.9 Å². The molecule has 134 valence electrons. The Kier molecular flexibility index (Phi) is 5.78. The van der Waals surface area contributed by atoms with Gasteiger partial charge in [0.25, 0.3) is 0 Å². The summed E-state index contributed by atoms with van der Waals surface area (Å²) in [5.74, 6) is 0.209. The highest BCUT2D eigenvalue weighted by Crippen LogP contribution is 2.33. The number of hydrogen-bond acceptors (Lipinski definition) is 4. The maximum atomic E-state index is 13.6. The Morgan fingerprint density at radius 3 is 2.77 bits per heavy atom. The van der Waals surface area contributed by atoms with Gasteiger partial charge >= 0.3 is 0 Å². The van der Waals surface area contributed by atoms with Crippen molar-refractivity contribution in [2.45, 2.75) is 32.3 Å². The fraction of sp³-hybridized carbons (Fsp3) is 0.250. The highest BCUT2D eigenvalue weighted by Gasteiger charge is 2.18. The van der Waals surface area contributed by atoms with Crippen LogP contribution in [0.1, 0.15) is 29.8 Å². The van der Waals surface area contributed by atoms with Gasteiger partial charge in [-0.3, -0.25) is 9.97 Å². The lowest BCUT2D eigenvalue weighted by molar-refractivity contribution is 0.288. The van der Waals surface area contributed by atoms with Crippen LogP contribution in [-0.2, 0) is 19.4 Å². The third-order valence-corrected chi connectivity index (χ3v) is 4.39. The van der Waals surface area contributed by atoms with E-state index in [2.05, 4.69) is 15.0 Å². The van der Waals surface area contributed by atoms with Crippen LogP contribution in [0.4, 0.5) is 4.39 Å². The molecule has 4 rings (SSSR count). The maximum absolute atomic E-state index is 13.6. The van der Waals surface area contributed by atoms with E-state index in [4.69, 9.17) is 4.74 Å². The minimum Gasteiger partial charge on any atom is -0.471 e. The summed E-state index contributed by atoms with van der Waals surface area (Å²) in [6.45, 7) is 0.355. The molecule has 0 amide bonds. The minimum absolute atomic E-state index is 0. The first-order chi connectivity index (χ1) is 12.3. The number of fused-ring (bicyclic) bond motifs is 1. The Morgan fingerprint density at radius 2 is 1.96 bits per heavy atom. The van der Waals surface area contributed by atoms with E-state index in [0.29, 0.717) is 12.5 Å².